The van der Waals surface area contributed by atoms with Crippen LogP contribution in [0.3, 0.4) is 0 Å². The first-order chi connectivity index (χ1) is 14.3. The van der Waals surface area contributed by atoms with Crippen molar-refractivity contribution in [1.82, 2.24) is 34.9 Å². The summed E-state index contributed by atoms with van der Waals surface area (Å²) in [5, 5.41) is 8.71. The minimum Gasteiger partial charge on any atom is -0.351 e. The number of rotatable bonds is 4. The van der Waals surface area contributed by atoms with Gasteiger partial charge in [-0.3, -0.25) is 0 Å². The molecule has 0 radical (unpaired) electrons. The Morgan fingerprint density at radius 2 is 1.69 bits per heavy atom. The van der Waals surface area contributed by atoms with Gasteiger partial charge in [-0.15, -0.1) is 5.10 Å². The first kappa shape index (κ1) is 17.5. The first-order valence-corrected chi connectivity index (χ1v) is 9.65. The molecule has 0 atom stereocenters. The molecule has 5 rings (SSSR count). The molecule has 0 saturated carbocycles. The Morgan fingerprint density at radius 3 is 2.48 bits per heavy atom. The lowest BCUT2D eigenvalue weighted by Gasteiger charge is -2.35. The molecule has 9 nitrogen and oxygen atoms in total. The Balaban J connectivity index is 1.36. The van der Waals surface area contributed by atoms with Gasteiger partial charge in [0, 0.05) is 38.1 Å². The monoisotopic (exact) mass is 387 g/mol. The predicted octanol–water partition coefficient (Wildman–Crippen LogP) is 1.69. The van der Waals surface area contributed by atoms with E-state index < -0.39 is 0 Å². The van der Waals surface area contributed by atoms with Crippen LogP contribution in [0, 0.1) is 6.92 Å². The van der Waals surface area contributed by atoms with Crippen molar-refractivity contribution in [2.24, 2.45) is 0 Å². The van der Waals surface area contributed by atoms with Gasteiger partial charge in [-0.2, -0.15) is 0 Å². The van der Waals surface area contributed by atoms with E-state index in [0.717, 1.165) is 60.4 Å². The third-order valence-electron chi connectivity index (χ3n) is 5.10. The van der Waals surface area contributed by atoms with Crippen molar-refractivity contribution in [2.75, 3.05) is 36.0 Å². The average Bonchev–Trinajstić information content (AvgIpc) is 3.18. The van der Waals surface area contributed by atoms with Gasteiger partial charge in [0.15, 0.2) is 17.0 Å². The van der Waals surface area contributed by atoms with Gasteiger partial charge in [0.05, 0.1) is 6.54 Å². The molecule has 29 heavy (non-hydrogen) atoms. The minimum absolute atomic E-state index is 0.631. The second-order valence-corrected chi connectivity index (χ2v) is 7.07. The van der Waals surface area contributed by atoms with Crippen LogP contribution in [-0.2, 0) is 6.54 Å². The molecule has 0 aliphatic carbocycles. The second kappa shape index (κ2) is 7.42. The molecule has 9 heteroatoms. The maximum atomic E-state index is 4.53. The highest BCUT2D eigenvalue weighted by atomic mass is 15.5. The molecule has 0 N–H and O–H groups in total. The number of aryl methyl sites for hydroxylation is 1. The number of benzene rings is 1. The molecule has 0 amide bonds. The van der Waals surface area contributed by atoms with Crippen molar-refractivity contribution in [3.05, 3.63) is 60.2 Å². The maximum absolute atomic E-state index is 4.53. The topological polar surface area (TPSA) is 88.8 Å². The number of aromatic nitrogens is 7. The van der Waals surface area contributed by atoms with Gasteiger partial charge in [0.25, 0.3) is 0 Å². The fourth-order valence-corrected chi connectivity index (χ4v) is 3.58. The average molecular weight is 387 g/mol. The van der Waals surface area contributed by atoms with Gasteiger partial charge in [0.2, 0.25) is 5.95 Å². The van der Waals surface area contributed by atoms with Crippen LogP contribution in [0.2, 0.25) is 0 Å². The molecule has 1 aliphatic rings. The third-order valence-corrected chi connectivity index (χ3v) is 5.10. The molecule has 3 aromatic heterocycles. The number of hydrogen-bond donors (Lipinski definition) is 0. The highest BCUT2D eigenvalue weighted by molar-refractivity contribution is 5.82. The number of hydrogen-bond acceptors (Lipinski definition) is 8. The van der Waals surface area contributed by atoms with Gasteiger partial charge >= 0.3 is 0 Å². The molecule has 4 aromatic rings. The predicted molar refractivity (Wildman–Crippen MR) is 110 cm³/mol. The fraction of sp³-hybridized carbons (Fsp3) is 0.300. The highest BCUT2D eigenvalue weighted by Crippen LogP contribution is 2.23. The number of fused-ring (bicyclic) bond motifs is 1. The van der Waals surface area contributed by atoms with Gasteiger partial charge in [-0.05, 0) is 18.6 Å². The standard InChI is InChI=1S/C20H21N9/c1-15-7-8-21-20(24-15)28-11-9-27(10-12-28)18-17-19(23-14-22-18)29(26-25-17)13-16-5-3-2-4-6-16/h2-8,14H,9-13H2,1H3. The van der Waals surface area contributed by atoms with E-state index in [1.165, 1.54) is 0 Å². The quantitative estimate of drug-likeness (QED) is 0.523. The Hall–Kier alpha value is -3.62. The molecule has 0 bridgehead atoms. The largest absolute Gasteiger partial charge is 0.351 e. The summed E-state index contributed by atoms with van der Waals surface area (Å²) in [6.45, 7) is 5.90. The molecule has 1 aromatic carbocycles. The van der Waals surface area contributed by atoms with E-state index in [-0.39, 0.29) is 0 Å². The van der Waals surface area contributed by atoms with Gasteiger partial charge in [0.1, 0.15) is 6.33 Å². The van der Waals surface area contributed by atoms with Crippen LogP contribution < -0.4 is 9.80 Å². The van der Waals surface area contributed by atoms with E-state index in [2.05, 4.69) is 52.2 Å². The SMILES string of the molecule is Cc1ccnc(N2CCN(c3ncnc4c3nnn4Cc3ccccc3)CC2)n1. The number of piperazine rings is 1. The first-order valence-electron chi connectivity index (χ1n) is 9.65. The zero-order chi connectivity index (χ0) is 19.6. The summed E-state index contributed by atoms with van der Waals surface area (Å²) in [5.41, 5.74) is 3.63. The van der Waals surface area contributed by atoms with Crippen LogP contribution in [0.15, 0.2) is 48.9 Å². The summed E-state index contributed by atoms with van der Waals surface area (Å²) in [6.07, 6.45) is 3.40. The van der Waals surface area contributed by atoms with Crippen molar-refractivity contribution in [1.29, 1.82) is 0 Å². The van der Waals surface area contributed by atoms with Crippen LogP contribution >= 0.6 is 0 Å². The summed E-state index contributed by atoms with van der Waals surface area (Å²) in [5.74, 6) is 1.62. The van der Waals surface area contributed by atoms with Crippen LogP contribution in [0.1, 0.15) is 11.3 Å². The lowest BCUT2D eigenvalue weighted by Crippen LogP contribution is -2.47. The Kier molecular flexibility index (Phi) is 4.47. The molecule has 0 spiro atoms. The maximum Gasteiger partial charge on any atom is 0.225 e. The number of anilines is 2. The van der Waals surface area contributed by atoms with Crippen molar-refractivity contribution >= 4 is 22.9 Å². The van der Waals surface area contributed by atoms with Crippen molar-refractivity contribution < 1.29 is 0 Å². The van der Waals surface area contributed by atoms with E-state index in [1.807, 2.05) is 42.1 Å². The van der Waals surface area contributed by atoms with Crippen LogP contribution in [0.4, 0.5) is 11.8 Å². The molecule has 146 valence electrons. The van der Waals surface area contributed by atoms with Crippen molar-refractivity contribution in [3.63, 3.8) is 0 Å². The van der Waals surface area contributed by atoms with E-state index in [1.54, 1.807) is 6.33 Å². The van der Waals surface area contributed by atoms with E-state index in [9.17, 15) is 0 Å². The lowest BCUT2D eigenvalue weighted by atomic mass is 10.2. The highest BCUT2D eigenvalue weighted by Gasteiger charge is 2.23. The van der Waals surface area contributed by atoms with Crippen LogP contribution in [0.5, 0.6) is 0 Å². The van der Waals surface area contributed by atoms with Crippen LogP contribution in [-0.4, -0.2) is 61.1 Å². The van der Waals surface area contributed by atoms with E-state index in [4.69, 9.17) is 0 Å². The molecule has 0 unspecified atom stereocenters. The Bertz CT molecular complexity index is 1120. The number of nitrogens with zero attached hydrogens (tertiary/aromatic N) is 9. The fourth-order valence-electron chi connectivity index (χ4n) is 3.58. The van der Waals surface area contributed by atoms with E-state index >= 15 is 0 Å². The Labute approximate surface area is 168 Å². The van der Waals surface area contributed by atoms with Gasteiger partial charge in [-0.25, -0.2) is 24.6 Å². The van der Waals surface area contributed by atoms with Crippen molar-refractivity contribution in [2.45, 2.75) is 13.5 Å². The van der Waals surface area contributed by atoms with Gasteiger partial charge < -0.3 is 9.80 Å². The zero-order valence-corrected chi connectivity index (χ0v) is 16.2. The van der Waals surface area contributed by atoms with Crippen molar-refractivity contribution in [3.8, 4) is 0 Å². The normalized spacial score (nSPS) is 14.5. The van der Waals surface area contributed by atoms with E-state index in [0.29, 0.717) is 6.54 Å². The summed E-state index contributed by atoms with van der Waals surface area (Å²) >= 11 is 0. The molecule has 1 aliphatic heterocycles. The minimum atomic E-state index is 0.631. The Morgan fingerprint density at radius 1 is 0.897 bits per heavy atom. The lowest BCUT2D eigenvalue weighted by molar-refractivity contribution is 0.634. The smallest absolute Gasteiger partial charge is 0.225 e. The molecule has 1 fully saturated rings. The third kappa shape index (κ3) is 3.46. The van der Waals surface area contributed by atoms with Crippen LogP contribution in [0.25, 0.3) is 11.2 Å². The van der Waals surface area contributed by atoms with Gasteiger partial charge in [-0.1, -0.05) is 35.5 Å². The second-order valence-electron chi connectivity index (χ2n) is 7.07. The summed E-state index contributed by atoms with van der Waals surface area (Å²) in [4.78, 5) is 22.3. The zero-order valence-electron chi connectivity index (χ0n) is 16.2. The summed E-state index contributed by atoms with van der Waals surface area (Å²) in [7, 11) is 0. The molecule has 4 heterocycles. The molecular formula is C20H21N9. The molecular weight excluding hydrogens is 366 g/mol. The molecule has 1 saturated heterocycles. The summed E-state index contributed by atoms with van der Waals surface area (Å²) in [6, 6.07) is 12.1. The summed E-state index contributed by atoms with van der Waals surface area (Å²) < 4.78 is 1.83.